The molecule has 1 aromatic heterocycles. The van der Waals surface area contributed by atoms with Crippen molar-refractivity contribution in [1.82, 2.24) is 9.88 Å². The highest BCUT2D eigenvalue weighted by atomic mass is 79.9. The largest absolute Gasteiger partial charge is 0.331 e. The average Bonchev–Trinajstić information content (AvgIpc) is 3.30. The predicted octanol–water partition coefficient (Wildman–Crippen LogP) is 3.96. The van der Waals surface area contributed by atoms with Crippen molar-refractivity contribution < 1.29 is 4.79 Å². The van der Waals surface area contributed by atoms with Crippen molar-refractivity contribution in [3.8, 4) is 0 Å². The Labute approximate surface area is 133 Å². The molecule has 1 saturated carbocycles. The zero-order valence-electron chi connectivity index (χ0n) is 11.9. The standard InChI is InChI=1S/C17H17BrN2O/c1-12-2-4-13(5-3-12)11-20(15-6-7-15)17(21)14-8-9-19-16(18)10-14/h2-5,8-10,15H,6-7,11H2,1H3. The second kappa shape index (κ2) is 5.98. The molecule has 0 radical (unpaired) electrons. The van der Waals surface area contributed by atoms with Crippen LogP contribution >= 0.6 is 15.9 Å². The topological polar surface area (TPSA) is 33.2 Å². The Morgan fingerprint density at radius 1 is 1.29 bits per heavy atom. The van der Waals surface area contributed by atoms with Gasteiger partial charge in [-0.2, -0.15) is 0 Å². The number of aromatic nitrogens is 1. The molecule has 0 atom stereocenters. The lowest BCUT2D eigenvalue weighted by atomic mass is 10.1. The van der Waals surface area contributed by atoms with Gasteiger partial charge in [0, 0.05) is 24.3 Å². The van der Waals surface area contributed by atoms with Gasteiger partial charge in [-0.25, -0.2) is 4.98 Å². The Bertz CT molecular complexity index is 650. The van der Waals surface area contributed by atoms with Gasteiger partial charge in [-0.1, -0.05) is 29.8 Å². The lowest BCUT2D eigenvalue weighted by Gasteiger charge is -2.23. The highest BCUT2D eigenvalue weighted by Gasteiger charge is 2.33. The lowest BCUT2D eigenvalue weighted by Crippen LogP contribution is -2.32. The molecule has 0 unspecified atom stereocenters. The van der Waals surface area contributed by atoms with Gasteiger partial charge in [-0.15, -0.1) is 0 Å². The maximum absolute atomic E-state index is 12.7. The van der Waals surface area contributed by atoms with Gasteiger partial charge in [0.15, 0.2) is 0 Å². The minimum Gasteiger partial charge on any atom is -0.331 e. The maximum atomic E-state index is 12.7. The molecule has 1 aliphatic carbocycles. The first-order valence-corrected chi connectivity index (χ1v) is 7.91. The third-order valence-corrected chi connectivity index (χ3v) is 4.13. The van der Waals surface area contributed by atoms with E-state index in [-0.39, 0.29) is 5.91 Å². The van der Waals surface area contributed by atoms with E-state index < -0.39 is 0 Å². The summed E-state index contributed by atoms with van der Waals surface area (Å²) in [5, 5.41) is 0. The number of hydrogen-bond acceptors (Lipinski definition) is 2. The Hall–Kier alpha value is -1.68. The number of pyridine rings is 1. The molecule has 1 fully saturated rings. The van der Waals surface area contributed by atoms with Crippen molar-refractivity contribution in [1.29, 1.82) is 0 Å². The van der Waals surface area contributed by atoms with E-state index in [4.69, 9.17) is 0 Å². The molecule has 0 bridgehead atoms. The number of aryl methyl sites for hydroxylation is 1. The molecule has 1 heterocycles. The Morgan fingerprint density at radius 3 is 2.62 bits per heavy atom. The van der Waals surface area contributed by atoms with E-state index in [1.807, 2.05) is 4.90 Å². The molecule has 1 amide bonds. The van der Waals surface area contributed by atoms with Crippen LogP contribution in [0.3, 0.4) is 0 Å². The van der Waals surface area contributed by atoms with Crippen molar-refractivity contribution in [3.63, 3.8) is 0 Å². The summed E-state index contributed by atoms with van der Waals surface area (Å²) in [7, 11) is 0. The summed E-state index contributed by atoms with van der Waals surface area (Å²) >= 11 is 3.33. The van der Waals surface area contributed by atoms with Crippen LogP contribution in [0.1, 0.15) is 34.3 Å². The minimum absolute atomic E-state index is 0.0844. The van der Waals surface area contributed by atoms with E-state index in [1.54, 1.807) is 18.3 Å². The van der Waals surface area contributed by atoms with Gasteiger partial charge in [0.05, 0.1) is 0 Å². The Kier molecular flexibility index (Phi) is 4.06. The van der Waals surface area contributed by atoms with Crippen molar-refractivity contribution in [2.75, 3.05) is 0 Å². The summed E-state index contributed by atoms with van der Waals surface area (Å²) < 4.78 is 0.694. The van der Waals surface area contributed by atoms with Crippen molar-refractivity contribution in [2.45, 2.75) is 32.4 Å². The molecule has 1 aromatic carbocycles. The van der Waals surface area contributed by atoms with Crippen LogP contribution in [0.5, 0.6) is 0 Å². The van der Waals surface area contributed by atoms with Crippen LogP contribution in [-0.4, -0.2) is 21.8 Å². The fourth-order valence-corrected chi connectivity index (χ4v) is 2.71. The summed E-state index contributed by atoms with van der Waals surface area (Å²) in [6.07, 6.45) is 3.86. The highest BCUT2D eigenvalue weighted by Crippen LogP contribution is 2.30. The molecule has 1 aliphatic rings. The number of carbonyl (C=O) groups excluding carboxylic acids is 1. The third kappa shape index (κ3) is 3.50. The molecule has 3 nitrogen and oxygen atoms in total. The molecule has 0 aliphatic heterocycles. The number of rotatable bonds is 4. The molecular formula is C17H17BrN2O. The number of benzene rings is 1. The number of nitrogens with zero attached hydrogens (tertiary/aromatic N) is 2. The summed E-state index contributed by atoms with van der Waals surface area (Å²) in [4.78, 5) is 18.8. The van der Waals surface area contributed by atoms with Crippen LogP contribution in [0.15, 0.2) is 47.2 Å². The normalized spacial score (nSPS) is 14.0. The van der Waals surface area contributed by atoms with Crippen molar-refractivity contribution in [3.05, 3.63) is 63.9 Å². The molecule has 108 valence electrons. The first kappa shape index (κ1) is 14.3. The molecular weight excluding hydrogens is 328 g/mol. The van der Waals surface area contributed by atoms with Gasteiger partial charge in [-0.3, -0.25) is 4.79 Å². The van der Waals surface area contributed by atoms with Gasteiger partial charge < -0.3 is 4.90 Å². The van der Waals surface area contributed by atoms with Crippen LogP contribution < -0.4 is 0 Å². The molecule has 3 rings (SSSR count). The summed E-state index contributed by atoms with van der Waals surface area (Å²) in [6.45, 7) is 2.74. The van der Waals surface area contributed by atoms with E-state index in [1.165, 1.54) is 11.1 Å². The van der Waals surface area contributed by atoms with Crippen LogP contribution in [0.4, 0.5) is 0 Å². The predicted molar refractivity (Wildman–Crippen MR) is 86.0 cm³/mol. The summed E-state index contributed by atoms with van der Waals surface area (Å²) in [5.41, 5.74) is 3.10. The monoisotopic (exact) mass is 344 g/mol. The third-order valence-electron chi connectivity index (χ3n) is 3.70. The highest BCUT2D eigenvalue weighted by molar-refractivity contribution is 9.10. The molecule has 0 spiro atoms. The SMILES string of the molecule is Cc1ccc(CN(C(=O)c2ccnc(Br)c2)C2CC2)cc1. The number of carbonyl (C=O) groups is 1. The van der Waals surface area contributed by atoms with Crippen molar-refractivity contribution in [2.24, 2.45) is 0 Å². The minimum atomic E-state index is 0.0844. The average molecular weight is 345 g/mol. The number of hydrogen-bond donors (Lipinski definition) is 0. The fraction of sp³-hybridized carbons (Fsp3) is 0.294. The number of amides is 1. The molecule has 2 aromatic rings. The smallest absolute Gasteiger partial charge is 0.254 e. The first-order valence-electron chi connectivity index (χ1n) is 7.11. The van der Waals surface area contributed by atoms with Crippen LogP contribution in [-0.2, 0) is 6.54 Å². The van der Waals surface area contributed by atoms with Gasteiger partial charge in [0.25, 0.3) is 5.91 Å². The summed E-state index contributed by atoms with van der Waals surface area (Å²) in [6, 6.07) is 12.3. The van der Waals surface area contributed by atoms with Gasteiger partial charge in [0.2, 0.25) is 0 Å². The first-order chi connectivity index (χ1) is 10.1. The maximum Gasteiger partial charge on any atom is 0.254 e. The van der Waals surface area contributed by atoms with Crippen LogP contribution in [0, 0.1) is 6.92 Å². The molecule has 4 heteroatoms. The number of halogens is 1. The Morgan fingerprint density at radius 2 is 2.00 bits per heavy atom. The van der Waals surface area contributed by atoms with E-state index in [0.29, 0.717) is 22.8 Å². The second-order valence-corrected chi connectivity index (χ2v) is 6.33. The quantitative estimate of drug-likeness (QED) is 0.786. The van der Waals surface area contributed by atoms with Gasteiger partial charge >= 0.3 is 0 Å². The van der Waals surface area contributed by atoms with Crippen molar-refractivity contribution >= 4 is 21.8 Å². The second-order valence-electron chi connectivity index (χ2n) is 5.52. The van der Waals surface area contributed by atoms with E-state index in [0.717, 1.165) is 12.8 Å². The molecule has 0 saturated heterocycles. The van der Waals surface area contributed by atoms with E-state index >= 15 is 0 Å². The lowest BCUT2D eigenvalue weighted by molar-refractivity contribution is 0.0729. The fourth-order valence-electron chi connectivity index (χ4n) is 2.34. The Balaban J connectivity index is 1.81. The van der Waals surface area contributed by atoms with E-state index in [9.17, 15) is 4.79 Å². The van der Waals surface area contributed by atoms with E-state index in [2.05, 4.69) is 52.1 Å². The molecule has 0 N–H and O–H groups in total. The van der Waals surface area contributed by atoms with Crippen LogP contribution in [0.2, 0.25) is 0 Å². The van der Waals surface area contributed by atoms with Gasteiger partial charge in [-0.05, 0) is 53.4 Å². The summed E-state index contributed by atoms with van der Waals surface area (Å²) in [5.74, 6) is 0.0844. The molecule has 21 heavy (non-hydrogen) atoms. The van der Waals surface area contributed by atoms with Crippen LogP contribution in [0.25, 0.3) is 0 Å². The van der Waals surface area contributed by atoms with Gasteiger partial charge in [0.1, 0.15) is 4.60 Å². The zero-order chi connectivity index (χ0) is 14.8. The zero-order valence-corrected chi connectivity index (χ0v) is 13.5.